The summed E-state index contributed by atoms with van der Waals surface area (Å²) in [6.07, 6.45) is 4.60. The molecule has 0 spiro atoms. The van der Waals surface area contributed by atoms with Crippen LogP contribution < -0.4 is 5.32 Å². The average molecular weight is 447 g/mol. The first-order valence-electron chi connectivity index (χ1n) is 11.0. The maximum absolute atomic E-state index is 12.8. The number of carbonyl (C=O) groups excluding carboxylic acids is 2. The van der Waals surface area contributed by atoms with Crippen molar-refractivity contribution in [2.24, 2.45) is 0 Å². The Morgan fingerprint density at radius 1 is 1.00 bits per heavy atom. The quantitative estimate of drug-likeness (QED) is 0.631. The molecule has 1 atom stereocenters. The van der Waals surface area contributed by atoms with E-state index in [0.29, 0.717) is 24.9 Å². The number of carbonyl (C=O) groups is 2. The predicted molar refractivity (Wildman–Crippen MR) is 126 cm³/mol. The number of hydrogen-bond acceptors (Lipinski definition) is 4. The van der Waals surface area contributed by atoms with E-state index in [1.165, 1.54) is 22.5 Å². The van der Waals surface area contributed by atoms with Crippen molar-refractivity contribution in [1.29, 1.82) is 0 Å². The van der Waals surface area contributed by atoms with Gasteiger partial charge in [-0.2, -0.15) is 0 Å². The van der Waals surface area contributed by atoms with Gasteiger partial charge in [0, 0.05) is 56.1 Å². The molecule has 1 aromatic carbocycles. The minimum atomic E-state index is -0.0677. The van der Waals surface area contributed by atoms with Crippen LogP contribution in [0, 0.1) is 6.92 Å². The van der Waals surface area contributed by atoms with Gasteiger partial charge in [-0.05, 0) is 59.7 Å². The minimum Gasteiger partial charge on any atom is -0.337 e. The zero-order valence-corrected chi connectivity index (χ0v) is 18.8. The largest absolute Gasteiger partial charge is 0.337 e. The lowest BCUT2D eigenvalue weighted by Crippen LogP contribution is -2.50. The molecule has 2 saturated heterocycles. The van der Waals surface area contributed by atoms with Gasteiger partial charge in [-0.25, -0.2) is 4.79 Å². The molecule has 0 aliphatic carbocycles. The van der Waals surface area contributed by atoms with Gasteiger partial charge in [0.25, 0.3) is 5.91 Å². The molecular formula is C25H26N4O2S. The van der Waals surface area contributed by atoms with Crippen LogP contribution in [-0.4, -0.2) is 52.9 Å². The number of benzene rings is 1. The summed E-state index contributed by atoms with van der Waals surface area (Å²) in [5, 5.41) is 4.97. The van der Waals surface area contributed by atoms with Crippen LogP contribution in [0.3, 0.4) is 0 Å². The van der Waals surface area contributed by atoms with E-state index in [-0.39, 0.29) is 11.9 Å². The predicted octanol–water partition coefficient (Wildman–Crippen LogP) is 4.71. The van der Waals surface area contributed by atoms with Crippen LogP contribution in [0.15, 0.2) is 60.2 Å². The third-order valence-corrected chi connectivity index (χ3v) is 7.49. The van der Waals surface area contributed by atoms with E-state index in [2.05, 4.69) is 28.5 Å². The molecule has 4 heterocycles. The Kier molecular flexibility index (Phi) is 5.66. The van der Waals surface area contributed by atoms with E-state index in [0.717, 1.165) is 35.6 Å². The molecule has 3 aromatic rings. The second-order valence-electron chi connectivity index (χ2n) is 8.61. The van der Waals surface area contributed by atoms with Gasteiger partial charge in [0.2, 0.25) is 0 Å². The lowest BCUT2D eigenvalue weighted by atomic mass is 9.93. The molecule has 3 amide bonds. The third kappa shape index (κ3) is 4.12. The van der Waals surface area contributed by atoms with Gasteiger partial charge >= 0.3 is 6.03 Å². The zero-order chi connectivity index (χ0) is 22.1. The van der Waals surface area contributed by atoms with Crippen molar-refractivity contribution in [2.45, 2.75) is 25.2 Å². The minimum absolute atomic E-state index is 0.0677. The summed E-state index contributed by atoms with van der Waals surface area (Å²) in [6, 6.07) is 14.0. The number of nitrogens with one attached hydrogen (secondary N) is 1. The zero-order valence-electron chi connectivity index (χ0n) is 18.0. The summed E-state index contributed by atoms with van der Waals surface area (Å²) in [4.78, 5) is 34.1. The number of aromatic nitrogens is 1. The van der Waals surface area contributed by atoms with E-state index in [4.69, 9.17) is 0 Å². The van der Waals surface area contributed by atoms with Gasteiger partial charge in [0.15, 0.2) is 0 Å². The molecule has 1 N–H and O–H groups in total. The van der Waals surface area contributed by atoms with Crippen LogP contribution >= 0.6 is 11.3 Å². The molecule has 1 unspecified atom stereocenters. The Labute approximate surface area is 191 Å². The van der Waals surface area contributed by atoms with Crippen molar-refractivity contribution >= 4 is 29.0 Å². The topological polar surface area (TPSA) is 65.5 Å². The first-order chi connectivity index (χ1) is 15.6. The Morgan fingerprint density at radius 2 is 1.78 bits per heavy atom. The van der Waals surface area contributed by atoms with Crippen molar-refractivity contribution in [3.8, 4) is 0 Å². The SMILES string of the molecule is Cc1ccsc1C(=O)N1CCC(c2ccc(NC(=O)N3CC(c4cccnc4)C3)cc2)C1. The van der Waals surface area contributed by atoms with Gasteiger partial charge < -0.3 is 15.1 Å². The van der Waals surface area contributed by atoms with Gasteiger partial charge in [-0.15, -0.1) is 11.3 Å². The number of anilines is 1. The molecule has 2 fully saturated rings. The monoisotopic (exact) mass is 446 g/mol. The molecule has 5 rings (SSSR count). The third-order valence-electron chi connectivity index (χ3n) is 6.49. The van der Waals surface area contributed by atoms with E-state index in [1.54, 1.807) is 6.20 Å². The van der Waals surface area contributed by atoms with E-state index in [9.17, 15) is 9.59 Å². The van der Waals surface area contributed by atoms with Crippen LogP contribution in [-0.2, 0) is 0 Å². The van der Waals surface area contributed by atoms with Gasteiger partial charge in [0.05, 0.1) is 4.88 Å². The maximum atomic E-state index is 12.8. The highest BCUT2D eigenvalue weighted by Gasteiger charge is 2.32. The fourth-order valence-corrected chi connectivity index (χ4v) is 5.36. The molecule has 32 heavy (non-hydrogen) atoms. The molecule has 0 saturated carbocycles. The van der Waals surface area contributed by atoms with Gasteiger partial charge in [-0.1, -0.05) is 18.2 Å². The van der Waals surface area contributed by atoms with Crippen molar-refractivity contribution in [3.05, 3.63) is 81.8 Å². The Hall–Kier alpha value is -3.19. The highest BCUT2D eigenvalue weighted by Crippen LogP contribution is 2.31. The second kappa shape index (κ2) is 8.74. The standard InChI is InChI=1S/C25H26N4O2S/c1-17-9-12-32-23(17)24(30)28-11-8-20(14-28)18-4-6-22(7-5-18)27-25(31)29-15-21(16-29)19-3-2-10-26-13-19/h2-7,9-10,12-13,20-21H,8,11,14-16H2,1H3,(H,27,31). The number of thiophene rings is 1. The van der Waals surface area contributed by atoms with Crippen LogP contribution in [0.4, 0.5) is 10.5 Å². The molecular weight excluding hydrogens is 420 g/mol. The number of rotatable bonds is 4. The number of pyridine rings is 1. The van der Waals surface area contributed by atoms with E-state index >= 15 is 0 Å². The second-order valence-corrected chi connectivity index (χ2v) is 9.53. The molecule has 0 bridgehead atoms. The Bertz CT molecular complexity index is 1110. The smallest absolute Gasteiger partial charge is 0.321 e. The van der Waals surface area contributed by atoms with Crippen molar-refractivity contribution in [1.82, 2.24) is 14.8 Å². The van der Waals surface area contributed by atoms with Crippen molar-refractivity contribution in [3.63, 3.8) is 0 Å². The summed E-state index contributed by atoms with van der Waals surface area (Å²) in [6.45, 7) is 4.94. The fraction of sp³-hybridized carbons (Fsp3) is 0.320. The van der Waals surface area contributed by atoms with E-state index in [1.807, 2.05) is 52.6 Å². The summed E-state index contributed by atoms with van der Waals surface area (Å²) < 4.78 is 0. The summed E-state index contributed by atoms with van der Waals surface area (Å²) >= 11 is 1.52. The van der Waals surface area contributed by atoms with Crippen LogP contribution in [0.1, 0.15) is 44.6 Å². The van der Waals surface area contributed by atoms with Gasteiger partial charge in [0.1, 0.15) is 0 Å². The van der Waals surface area contributed by atoms with Crippen molar-refractivity contribution < 1.29 is 9.59 Å². The van der Waals surface area contributed by atoms with Crippen molar-refractivity contribution in [2.75, 3.05) is 31.5 Å². The Balaban J connectivity index is 1.14. The molecule has 2 aliphatic rings. The normalized spacial score (nSPS) is 18.5. The average Bonchev–Trinajstić information content (AvgIpc) is 3.43. The molecule has 6 nitrogen and oxygen atoms in total. The number of nitrogens with zero attached hydrogens (tertiary/aromatic N) is 3. The first-order valence-corrected chi connectivity index (χ1v) is 11.9. The summed E-state index contributed by atoms with van der Waals surface area (Å²) in [7, 11) is 0. The fourth-order valence-electron chi connectivity index (χ4n) is 4.47. The maximum Gasteiger partial charge on any atom is 0.321 e. The number of amides is 3. The molecule has 0 radical (unpaired) electrons. The molecule has 2 aliphatic heterocycles. The Morgan fingerprint density at radius 3 is 2.47 bits per heavy atom. The van der Waals surface area contributed by atoms with Crippen LogP contribution in [0.25, 0.3) is 0 Å². The molecule has 7 heteroatoms. The number of aryl methyl sites for hydroxylation is 1. The lowest BCUT2D eigenvalue weighted by molar-refractivity contribution is 0.0795. The first kappa shape index (κ1) is 20.7. The number of hydrogen-bond donors (Lipinski definition) is 1. The lowest BCUT2D eigenvalue weighted by Gasteiger charge is -2.39. The number of likely N-dealkylation sites (tertiary alicyclic amines) is 2. The molecule has 2 aromatic heterocycles. The van der Waals surface area contributed by atoms with Gasteiger partial charge in [-0.3, -0.25) is 9.78 Å². The summed E-state index contributed by atoms with van der Waals surface area (Å²) in [5.74, 6) is 0.838. The van der Waals surface area contributed by atoms with Crippen LogP contribution in [0.5, 0.6) is 0 Å². The highest BCUT2D eigenvalue weighted by atomic mass is 32.1. The van der Waals surface area contributed by atoms with Crippen LogP contribution in [0.2, 0.25) is 0 Å². The molecule has 164 valence electrons. The summed E-state index contributed by atoms with van der Waals surface area (Å²) in [5.41, 5.74) is 4.24. The number of urea groups is 1. The highest BCUT2D eigenvalue weighted by molar-refractivity contribution is 7.12. The van der Waals surface area contributed by atoms with E-state index < -0.39 is 0 Å².